The molecule has 0 amide bonds. The van der Waals surface area contributed by atoms with Crippen molar-refractivity contribution in [2.24, 2.45) is 11.3 Å². The molecule has 0 radical (unpaired) electrons. The number of halogens is 2. The first-order valence-electron chi connectivity index (χ1n) is 13.6. The first kappa shape index (κ1) is 27.9. The Labute approximate surface area is 241 Å². The van der Waals surface area contributed by atoms with Gasteiger partial charge in [0, 0.05) is 60.6 Å². The third-order valence-electron chi connectivity index (χ3n) is 8.97. The molecular formula is C31H37Cl2N3OS. The summed E-state index contributed by atoms with van der Waals surface area (Å²) >= 11 is 14.4. The summed E-state index contributed by atoms with van der Waals surface area (Å²) in [6.45, 7) is 14.0. The van der Waals surface area contributed by atoms with Gasteiger partial charge in [-0.2, -0.15) is 16.6 Å². The number of benzene rings is 1. The van der Waals surface area contributed by atoms with E-state index in [2.05, 4.69) is 51.9 Å². The van der Waals surface area contributed by atoms with E-state index < -0.39 is 6.10 Å². The lowest BCUT2D eigenvalue weighted by molar-refractivity contribution is -0.0670. The van der Waals surface area contributed by atoms with Gasteiger partial charge < -0.3 is 9.64 Å². The molecule has 0 bridgehead atoms. The van der Waals surface area contributed by atoms with Crippen molar-refractivity contribution >= 4 is 34.5 Å². The van der Waals surface area contributed by atoms with Crippen LogP contribution >= 0.6 is 34.5 Å². The fraction of sp³-hybridized carbons (Fsp3) is 0.516. The summed E-state index contributed by atoms with van der Waals surface area (Å²) in [5.74, 6) is 1.07. The lowest BCUT2D eigenvalue weighted by Gasteiger charge is -2.40. The Hall–Kier alpha value is -1.65. The summed E-state index contributed by atoms with van der Waals surface area (Å²) in [5, 5.41) is 15.8. The Balaban J connectivity index is 1.24. The highest BCUT2D eigenvalue weighted by molar-refractivity contribution is 7.08. The second-order valence-corrected chi connectivity index (χ2v) is 13.1. The van der Waals surface area contributed by atoms with Crippen molar-refractivity contribution in [2.45, 2.75) is 56.3 Å². The molecule has 2 aromatic rings. The summed E-state index contributed by atoms with van der Waals surface area (Å²) in [4.78, 5) is 5.17. The second-order valence-electron chi connectivity index (χ2n) is 11.5. The van der Waals surface area contributed by atoms with Gasteiger partial charge in [-0.15, -0.1) is 13.2 Å². The number of ether oxygens (including phenoxy) is 1. The van der Waals surface area contributed by atoms with E-state index >= 15 is 0 Å². The summed E-state index contributed by atoms with van der Waals surface area (Å²) in [6, 6.07) is 10.6. The molecule has 1 aromatic carbocycles. The molecule has 38 heavy (non-hydrogen) atoms. The zero-order valence-electron chi connectivity index (χ0n) is 22.0. The molecule has 3 aliphatic rings. The Morgan fingerprint density at radius 3 is 2.50 bits per heavy atom. The van der Waals surface area contributed by atoms with E-state index in [0.717, 1.165) is 82.0 Å². The third-order valence-corrected chi connectivity index (χ3v) is 10.3. The largest absolute Gasteiger partial charge is 0.356 e. The normalized spacial score (nSPS) is 26.9. The molecule has 4 nitrogen and oxygen atoms in total. The maximum Gasteiger partial charge on any atom is 0.151 e. The number of thiophene rings is 1. The highest BCUT2D eigenvalue weighted by atomic mass is 35.5. The van der Waals surface area contributed by atoms with Crippen LogP contribution in [-0.4, -0.2) is 54.2 Å². The van der Waals surface area contributed by atoms with Crippen LogP contribution in [0.5, 0.6) is 0 Å². The van der Waals surface area contributed by atoms with Crippen LogP contribution < -0.4 is 0 Å². The maximum atomic E-state index is 9.92. The van der Waals surface area contributed by atoms with Crippen LogP contribution in [0, 0.1) is 22.7 Å². The molecular weight excluding hydrogens is 533 g/mol. The highest BCUT2D eigenvalue weighted by Gasteiger charge is 2.55. The van der Waals surface area contributed by atoms with Gasteiger partial charge in [0.15, 0.2) is 6.10 Å². The van der Waals surface area contributed by atoms with E-state index in [0.29, 0.717) is 16.9 Å². The predicted octanol–water partition coefficient (Wildman–Crippen LogP) is 7.56. The summed E-state index contributed by atoms with van der Waals surface area (Å²) < 4.78 is 6.55. The topological polar surface area (TPSA) is 39.5 Å². The van der Waals surface area contributed by atoms with Gasteiger partial charge in [-0.05, 0) is 78.1 Å². The standard InChI is InChI=1S/C31H37Cl2N3OS/c1-3-8-30(9-4-2)22-31(37-29(30)16-34)10-12-35(13-11-31)18-25-19-36(20-27(25)24-7-14-38-21-24)17-23-5-6-26(32)15-28(23)33/h3-7,14-15,21,25,27,29H,1-2,8-13,17-20,22H2. The van der Waals surface area contributed by atoms with Gasteiger partial charge in [-0.1, -0.05) is 41.4 Å². The Bertz CT molecular complexity index is 1160. The number of rotatable bonds is 9. The van der Waals surface area contributed by atoms with E-state index in [4.69, 9.17) is 27.9 Å². The van der Waals surface area contributed by atoms with Crippen LogP contribution in [0.3, 0.4) is 0 Å². The fourth-order valence-corrected chi connectivity index (χ4v) is 8.32. The molecule has 3 fully saturated rings. The van der Waals surface area contributed by atoms with Crippen LogP contribution in [0.15, 0.2) is 60.3 Å². The van der Waals surface area contributed by atoms with Crippen molar-refractivity contribution in [3.63, 3.8) is 0 Å². The molecule has 3 aliphatic heterocycles. The average molecular weight is 571 g/mol. The van der Waals surface area contributed by atoms with E-state index in [1.165, 1.54) is 5.56 Å². The van der Waals surface area contributed by atoms with E-state index in [1.54, 1.807) is 11.3 Å². The van der Waals surface area contributed by atoms with Crippen LogP contribution in [0.4, 0.5) is 0 Å². The van der Waals surface area contributed by atoms with Crippen LogP contribution in [0.2, 0.25) is 10.0 Å². The van der Waals surface area contributed by atoms with E-state index in [1.807, 2.05) is 24.3 Å². The van der Waals surface area contributed by atoms with Crippen LogP contribution in [0.25, 0.3) is 0 Å². The van der Waals surface area contributed by atoms with Gasteiger partial charge in [0.1, 0.15) is 0 Å². The molecule has 0 aliphatic carbocycles. The summed E-state index contributed by atoms with van der Waals surface area (Å²) in [6.07, 6.45) is 7.94. The fourth-order valence-electron chi connectivity index (χ4n) is 7.13. The smallest absolute Gasteiger partial charge is 0.151 e. The van der Waals surface area contributed by atoms with Gasteiger partial charge in [-0.25, -0.2) is 0 Å². The quantitative estimate of drug-likeness (QED) is 0.292. The van der Waals surface area contributed by atoms with Crippen molar-refractivity contribution in [3.8, 4) is 6.07 Å². The number of hydrogen-bond donors (Lipinski definition) is 0. The number of likely N-dealkylation sites (tertiary alicyclic amines) is 2. The van der Waals surface area contributed by atoms with Gasteiger partial charge in [0.2, 0.25) is 0 Å². The molecule has 4 heterocycles. The van der Waals surface area contributed by atoms with Crippen molar-refractivity contribution in [2.75, 3.05) is 32.7 Å². The van der Waals surface area contributed by atoms with Crippen LogP contribution in [-0.2, 0) is 11.3 Å². The molecule has 5 rings (SSSR count). The minimum Gasteiger partial charge on any atom is -0.356 e. The van der Waals surface area contributed by atoms with E-state index in [9.17, 15) is 5.26 Å². The van der Waals surface area contributed by atoms with Gasteiger partial charge in [0.05, 0.1) is 11.7 Å². The predicted molar refractivity (Wildman–Crippen MR) is 158 cm³/mol. The van der Waals surface area contributed by atoms with Crippen LogP contribution in [0.1, 0.15) is 49.1 Å². The maximum absolute atomic E-state index is 9.92. The summed E-state index contributed by atoms with van der Waals surface area (Å²) in [5.41, 5.74) is 2.18. The number of piperidine rings is 1. The van der Waals surface area contributed by atoms with Gasteiger partial charge >= 0.3 is 0 Å². The Morgan fingerprint density at radius 2 is 1.87 bits per heavy atom. The highest BCUT2D eigenvalue weighted by Crippen LogP contribution is 2.53. The monoisotopic (exact) mass is 569 g/mol. The molecule has 3 atom stereocenters. The number of nitriles is 1. The lowest BCUT2D eigenvalue weighted by atomic mass is 9.70. The average Bonchev–Trinajstić information content (AvgIpc) is 3.62. The lowest BCUT2D eigenvalue weighted by Crippen LogP contribution is -2.46. The number of nitrogens with zero attached hydrogens (tertiary/aromatic N) is 3. The van der Waals surface area contributed by atoms with Gasteiger partial charge in [-0.3, -0.25) is 4.90 Å². The molecule has 1 aromatic heterocycles. The number of allylic oxidation sites excluding steroid dienone is 2. The Morgan fingerprint density at radius 1 is 1.11 bits per heavy atom. The molecule has 0 saturated carbocycles. The zero-order valence-corrected chi connectivity index (χ0v) is 24.3. The molecule has 3 unspecified atom stereocenters. The molecule has 3 saturated heterocycles. The van der Waals surface area contributed by atoms with Crippen molar-refractivity contribution in [1.82, 2.24) is 9.80 Å². The first-order valence-corrected chi connectivity index (χ1v) is 15.3. The van der Waals surface area contributed by atoms with Gasteiger partial charge in [0.25, 0.3) is 0 Å². The first-order chi connectivity index (χ1) is 18.4. The molecule has 7 heteroatoms. The minimum atomic E-state index is -0.392. The SMILES string of the molecule is C=CCC1(CC=C)CC2(CCN(CC3CN(Cc4ccc(Cl)cc4Cl)CC3c3ccsc3)CC2)OC1C#N. The van der Waals surface area contributed by atoms with Crippen molar-refractivity contribution in [3.05, 3.63) is 81.5 Å². The zero-order chi connectivity index (χ0) is 26.8. The molecule has 0 N–H and O–H groups in total. The molecule has 1 spiro atoms. The summed E-state index contributed by atoms with van der Waals surface area (Å²) in [7, 11) is 0. The second kappa shape index (κ2) is 11.8. The van der Waals surface area contributed by atoms with E-state index in [-0.39, 0.29) is 11.0 Å². The third kappa shape index (κ3) is 5.77. The minimum absolute atomic E-state index is 0.195. The Kier molecular flexibility index (Phi) is 8.69. The van der Waals surface area contributed by atoms with Crippen molar-refractivity contribution < 1.29 is 4.74 Å². The molecule has 202 valence electrons. The number of hydrogen-bond acceptors (Lipinski definition) is 5. The van der Waals surface area contributed by atoms with Crippen molar-refractivity contribution in [1.29, 1.82) is 5.26 Å².